The summed E-state index contributed by atoms with van der Waals surface area (Å²) in [5.74, 6) is 2.49. The summed E-state index contributed by atoms with van der Waals surface area (Å²) in [5, 5.41) is 9.99. The smallest absolute Gasteiger partial charge is 0.185 e. The van der Waals surface area contributed by atoms with Gasteiger partial charge in [-0.25, -0.2) is 0 Å². The largest absolute Gasteiger partial charge is 0.292 e. The van der Waals surface area contributed by atoms with Crippen LogP contribution in [-0.4, -0.2) is 21.2 Å². The van der Waals surface area contributed by atoms with Crippen molar-refractivity contribution in [1.29, 1.82) is 0 Å². The molecule has 0 saturated heterocycles. The predicted molar refractivity (Wildman–Crippen MR) is 54.3 cm³/mol. The number of H-pyrrole nitrogens is 1. The number of aromatic amines is 1. The summed E-state index contributed by atoms with van der Waals surface area (Å²) in [7, 11) is 0. The third-order valence-corrected chi connectivity index (χ3v) is 4.03. The Labute approximate surface area is 88.5 Å². The summed E-state index contributed by atoms with van der Waals surface area (Å²) >= 11 is 0. The van der Waals surface area contributed by atoms with Crippen LogP contribution in [0.5, 0.6) is 0 Å². The SMILES string of the molecule is O=C(CC1CC2CCC1C2)c1cn[nH]n1. The number of fused-ring (bicyclic) bond motifs is 2. The van der Waals surface area contributed by atoms with Crippen LogP contribution in [0.3, 0.4) is 0 Å². The zero-order valence-corrected chi connectivity index (χ0v) is 8.65. The van der Waals surface area contributed by atoms with Gasteiger partial charge in [0.15, 0.2) is 5.78 Å². The fourth-order valence-corrected chi connectivity index (χ4v) is 3.31. The maximum atomic E-state index is 11.8. The standard InChI is InChI=1S/C11H15N3O/c15-11(10-6-12-14-13-10)5-9-4-7-1-2-8(9)3-7/h6-9H,1-5H2,(H,12,13,14). The Morgan fingerprint density at radius 1 is 1.47 bits per heavy atom. The van der Waals surface area contributed by atoms with Crippen LogP contribution in [0.4, 0.5) is 0 Å². The van der Waals surface area contributed by atoms with E-state index in [1.165, 1.54) is 31.9 Å². The Hall–Kier alpha value is -1.19. The second-order valence-electron chi connectivity index (χ2n) is 4.92. The van der Waals surface area contributed by atoms with Crippen LogP contribution >= 0.6 is 0 Å². The Morgan fingerprint density at radius 2 is 2.40 bits per heavy atom. The van der Waals surface area contributed by atoms with Crippen molar-refractivity contribution in [2.75, 3.05) is 0 Å². The van der Waals surface area contributed by atoms with Gasteiger partial charge in [0.25, 0.3) is 0 Å². The molecule has 2 bridgehead atoms. The lowest BCUT2D eigenvalue weighted by Gasteiger charge is -2.20. The van der Waals surface area contributed by atoms with Crippen LogP contribution in [-0.2, 0) is 0 Å². The minimum Gasteiger partial charge on any atom is -0.292 e. The molecule has 0 amide bonds. The highest BCUT2D eigenvalue weighted by atomic mass is 16.1. The topological polar surface area (TPSA) is 58.6 Å². The molecule has 0 aliphatic heterocycles. The van der Waals surface area contributed by atoms with Gasteiger partial charge in [0.2, 0.25) is 0 Å². The molecule has 3 rings (SSSR count). The molecule has 0 spiro atoms. The van der Waals surface area contributed by atoms with E-state index in [4.69, 9.17) is 0 Å². The lowest BCUT2D eigenvalue weighted by atomic mass is 9.85. The maximum Gasteiger partial charge on any atom is 0.185 e. The van der Waals surface area contributed by atoms with Crippen molar-refractivity contribution in [3.8, 4) is 0 Å². The molecule has 0 radical (unpaired) electrons. The quantitative estimate of drug-likeness (QED) is 0.765. The lowest BCUT2D eigenvalue weighted by molar-refractivity contribution is 0.0939. The zero-order valence-electron chi connectivity index (χ0n) is 8.65. The van der Waals surface area contributed by atoms with Gasteiger partial charge >= 0.3 is 0 Å². The van der Waals surface area contributed by atoms with Gasteiger partial charge in [0.05, 0.1) is 6.20 Å². The number of nitrogens with one attached hydrogen (secondary N) is 1. The van der Waals surface area contributed by atoms with Crippen LogP contribution in [0, 0.1) is 17.8 Å². The number of rotatable bonds is 3. The maximum absolute atomic E-state index is 11.8. The third-order valence-electron chi connectivity index (χ3n) is 4.03. The number of Topliss-reactive ketones (excluding diaryl/α,β-unsaturated/α-hetero) is 1. The molecule has 1 aromatic rings. The van der Waals surface area contributed by atoms with E-state index in [1.54, 1.807) is 0 Å². The number of ketones is 1. The Bertz CT molecular complexity index is 360. The first-order valence-corrected chi connectivity index (χ1v) is 5.72. The first kappa shape index (κ1) is 9.07. The highest BCUT2D eigenvalue weighted by Gasteiger charge is 2.40. The molecule has 2 aliphatic rings. The number of hydrogen-bond donors (Lipinski definition) is 1. The number of nitrogens with zero attached hydrogens (tertiary/aromatic N) is 2. The van der Waals surface area contributed by atoms with Crippen LogP contribution in [0.15, 0.2) is 6.20 Å². The van der Waals surface area contributed by atoms with Gasteiger partial charge in [0.1, 0.15) is 5.69 Å². The van der Waals surface area contributed by atoms with Crippen molar-refractivity contribution < 1.29 is 4.79 Å². The van der Waals surface area contributed by atoms with Crippen molar-refractivity contribution in [1.82, 2.24) is 15.4 Å². The fourth-order valence-electron chi connectivity index (χ4n) is 3.31. The van der Waals surface area contributed by atoms with Crippen molar-refractivity contribution >= 4 is 5.78 Å². The number of hydrogen-bond acceptors (Lipinski definition) is 3. The Kier molecular flexibility index (Phi) is 2.08. The molecule has 4 nitrogen and oxygen atoms in total. The molecule has 1 N–H and O–H groups in total. The summed E-state index contributed by atoms with van der Waals surface area (Å²) < 4.78 is 0. The Morgan fingerprint density at radius 3 is 3.00 bits per heavy atom. The van der Waals surface area contributed by atoms with Crippen molar-refractivity contribution in [3.63, 3.8) is 0 Å². The van der Waals surface area contributed by atoms with E-state index >= 15 is 0 Å². The number of carbonyl (C=O) groups excluding carboxylic acids is 1. The van der Waals surface area contributed by atoms with E-state index in [-0.39, 0.29) is 5.78 Å². The molecule has 2 aliphatic carbocycles. The van der Waals surface area contributed by atoms with Crippen LogP contribution < -0.4 is 0 Å². The summed E-state index contributed by atoms with van der Waals surface area (Å²) in [6, 6.07) is 0. The minimum atomic E-state index is 0.154. The molecular weight excluding hydrogens is 190 g/mol. The molecule has 3 unspecified atom stereocenters. The average molecular weight is 205 g/mol. The minimum absolute atomic E-state index is 0.154. The van der Waals surface area contributed by atoms with Crippen LogP contribution in [0.2, 0.25) is 0 Å². The van der Waals surface area contributed by atoms with E-state index < -0.39 is 0 Å². The number of carbonyl (C=O) groups is 1. The second kappa shape index (κ2) is 3.43. The van der Waals surface area contributed by atoms with Gasteiger partial charge in [-0.05, 0) is 37.0 Å². The number of aromatic nitrogens is 3. The molecule has 0 aromatic carbocycles. The van der Waals surface area contributed by atoms with Gasteiger partial charge in [-0.3, -0.25) is 4.79 Å². The molecule has 2 saturated carbocycles. The zero-order chi connectivity index (χ0) is 10.3. The second-order valence-corrected chi connectivity index (χ2v) is 4.92. The van der Waals surface area contributed by atoms with Gasteiger partial charge in [0, 0.05) is 6.42 Å². The predicted octanol–water partition coefficient (Wildman–Crippen LogP) is 1.81. The van der Waals surface area contributed by atoms with E-state index in [0.717, 1.165) is 11.8 Å². The highest BCUT2D eigenvalue weighted by Crippen LogP contribution is 2.49. The first-order valence-electron chi connectivity index (χ1n) is 5.72. The van der Waals surface area contributed by atoms with Gasteiger partial charge in [-0.2, -0.15) is 15.4 Å². The summed E-state index contributed by atoms with van der Waals surface area (Å²) in [6.07, 6.45) is 7.54. The molecular formula is C11H15N3O. The molecule has 2 fully saturated rings. The van der Waals surface area contributed by atoms with Gasteiger partial charge in [-0.15, -0.1) is 0 Å². The molecule has 15 heavy (non-hydrogen) atoms. The molecule has 1 heterocycles. The van der Waals surface area contributed by atoms with Gasteiger partial charge < -0.3 is 0 Å². The molecule has 1 aromatic heterocycles. The van der Waals surface area contributed by atoms with Crippen LogP contribution in [0.1, 0.15) is 42.6 Å². The first-order chi connectivity index (χ1) is 7.33. The molecule has 4 heteroatoms. The fraction of sp³-hybridized carbons (Fsp3) is 0.727. The monoisotopic (exact) mass is 205 g/mol. The third kappa shape index (κ3) is 1.58. The van der Waals surface area contributed by atoms with Crippen molar-refractivity contribution in [2.45, 2.75) is 32.1 Å². The van der Waals surface area contributed by atoms with Crippen LogP contribution in [0.25, 0.3) is 0 Å². The Balaban J connectivity index is 1.64. The summed E-state index contributed by atoms with van der Waals surface area (Å²) in [5.41, 5.74) is 0.498. The van der Waals surface area contributed by atoms with Crippen molar-refractivity contribution in [3.05, 3.63) is 11.9 Å². The lowest BCUT2D eigenvalue weighted by Crippen LogP contribution is -2.15. The summed E-state index contributed by atoms with van der Waals surface area (Å²) in [6.45, 7) is 0. The van der Waals surface area contributed by atoms with E-state index in [2.05, 4.69) is 15.4 Å². The average Bonchev–Trinajstić information content (AvgIpc) is 2.95. The molecule has 3 atom stereocenters. The highest BCUT2D eigenvalue weighted by molar-refractivity contribution is 5.93. The van der Waals surface area contributed by atoms with E-state index in [0.29, 0.717) is 18.0 Å². The summed E-state index contributed by atoms with van der Waals surface area (Å²) in [4.78, 5) is 11.8. The van der Waals surface area contributed by atoms with Crippen molar-refractivity contribution in [2.24, 2.45) is 17.8 Å². The van der Waals surface area contributed by atoms with E-state index in [9.17, 15) is 4.79 Å². The molecule has 80 valence electrons. The van der Waals surface area contributed by atoms with Gasteiger partial charge in [-0.1, -0.05) is 6.42 Å². The normalized spacial score (nSPS) is 33.5. The van der Waals surface area contributed by atoms with E-state index in [1.807, 2.05) is 0 Å².